The van der Waals surface area contributed by atoms with Gasteiger partial charge in [-0.05, 0) is 19.2 Å². The Labute approximate surface area is 98.4 Å². The first-order valence-corrected chi connectivity index (χ1v) is 5.38. The molecule has 0 aromatic carbocycles. The molecule has 1 saturated heterocycles. The highest BCUT2D eigenvalue weighted by atomic mass is 19.1. The van der Waals surface area contributed by atoms with Crippen molar-refractivity contribution in [1.82, 2.24) is 10.3 Å². The van der Waals surface area contributed by atoms with Crippen molar-refractivity contribution < 1.29 is 13.9 Å². The van der Waals surface area contributed by atoms with Gasteiger partial charge in [0, 0.05) is 6.04 Å². The minimum absolute atomic E-state index is 0.00967. The Morgan fingerprint density at radius 3 is 3.00 bits per heavy atom. The molecule has 2 rings (SSSR count). The largest absolute Gasteiger partial charge is 0.379 e. The minimum Gasteiger partial charge on any atom is -0.379 e. The molecule has 17 heavy (non-hydrogen) atoms. The molecule has 1 aliphatic heterocycles. The summed E-state index contributed by atoms with van der Waals surface area (Å²) in [6, 6.07) is 2.69. The third kappa shape index (κ3) is 2.78. The van der Waals surface area contributed by atoms with E-state index < -0.39 is 5.82 Å². The predicted octanol–water partition coefficient (Wildman–Crippen LogP) is 0.394. The lowest BCUT2D eigenvalue weighted by Gasteiger charge is -2.15. The lowest BCUT2D eigenvalue weighted by Crippen LogP contribution is -2.39. The third-order valence-electron chi connectivity index (χ3n) is 2.77. The van der Waals surface area contributed by atoms with Gasteiger partial charge in [-0.3, -0.25) is 4.79 Å². The summed E-state index contributed by atoms with van der Waals surface area (Å²) < 4.78 is 17.9. The van der Waals surface area contributed by atoms with E-state index in [2.05, 4.69) is 15.6 Å². The van der Waals surface area contributed by atoms with Gasteiger partial charge in [0.1, 0.15) is 11.6 Å². The second kappa shape index (κ2) is 5.20. The Balaban J connectivity index is 1.99. The number of pyridine rings is 1. The molecule has 1 aromatic heterocycles. The summed E-state index contributed by atoms with van der Waals surface area (Å²) >= 11 is 0. The number of carbonyl (C=O) groups is 1. The van der Waals surface area contributed by atoms with Crippen molar-refractivity contribution in [1.29, 1.82) is 0 Å². The zero-order valence-electron chi connectivity index (χ0n) is 9.44. The van der Waals surface area contributed by atoms with E-state index in [0.717, 1.165) is 6.20 Å². The normalized spacial score (nSPS) is 23.6. The summed E-state index contributed by atoms with van der Waals surface area (Å²) in [5, 5.41) is 5.66. The number of nitrogens with one attached hydrogen (secondary N) is 2. The standard InChI is InChI=1S/C11H14FN3O2/c1-13-9-6-17-5-8(9)11(16)15-10-3-2-7(12)4-14-10/h2-4,8-9,13H,5-6H2,1H3,(H,14,15,16). The topological polar surface area (TPSA) is 63.2 Å². The van der Waals surface area contributed by atoms with Gasteiger partial charge in [-0.15, -0.1) is 0 Å². The van der Waals surface area contributed by atoms with E-state index in [4.69, 9.17) is 4.74 Å². The number of amides is 1. The lowest BCUT2D eigenvalue weighted by atomic mass is 10.0. The summed E-state index contributed by atoms with van der Waals surface area (Å²) in [7, 11) is 1.79. The van der Waals surface area contributed by atoms with Gasteiger partial charge in [0.05, 0.1) is 25.3 Å². The second-order valence-electron chi connectivity index (χ2n) is 3.89. The van der Waals surface area contributed by atoms with E-state index in [1.807, 2.05) is 0 Å². The Kier molecular flexibility index (Phi) is 3.65. The number of aromatic nitrogens is 1. The molecule has 0 aliphatic carbocycles. The van der Waals surface area contributed by atoms with Crippen LogP contribution < -0.4 is 10.6 Å². The molecule has 1 aliphatic rings. The Morgan fingerprint density at radius 1 is 1.53 bits per heavy atom. The SMILES string of the molecule is CNC1COCC1C(=O)Nc1ccc(F)cn1. The molecule has 1 fully saturated rings. The number of carbonyl (C=O) groups excluding carboxylic acids is 1. The fraction of sp³-hybridized carbons (Fsp3) is 0.455. The van der Waals surface area contributed by atoms with Crippen LogP contribution in [0, 0.1) is 11.7 Å². The maximum Gasteiger partial charge on any atom is 0.232 e. The molecule has 2 heterocycles. The molecule has 1 aromatic rings. The molecule has 2 unspecified atom stereocenters. The summed E-state index contributed by atoms with van der Waals surface area (Å²) in [5.74, 6) is -0.494. The molecule has 0 spiro atoms. The van der Waals surface area contributed by atoms with Crippen LogP contribution in [0.2, 0.25) is 0 Å². The maximum atomic E-state index is 12.6. The van der Waals surface area contributed by atoms with E-state index in [-0.39, 0.29) is 17.9 Å². The third-order valence-corrected chi connectivity index (χ3v) is 2.77. The van der Waals surface area contributed by atoms with Crippen LogP contribution >= 0.6 is 0 Å². The molecule has 0 radical (unpaired) electrons. The first-order chi connectivity index (χ1) is 8.20. The van der Waals surface area contributed by atoms with Crippen LogP contribution in [-0.2, 0) is 9.53 Å². The number of rotatable bonds is 3. The summed E-state index contributed by atoms with van der Waals surface area (Å²) in [5.41, 5.74) is 0. The van der Waals surface area contributed by atoms with E-state index >= 15 is 0 Å². The maximum absolute atomic E-state index is 12.6. The smallest absolute Gasteiger partial charge is 0.232 e. The van der Waals surface area contributed by atoms with Crippen LogP contribution in [0.4, 0.5) is 10.2 Å². The van der Waals surface area contributed by atoms with Crippen molar-refractivity contribution in [3.05, 3.63) is 24.1 Å². The van der Waals surface area contributed by atoms with E-state index in [0.29, 0.717) is 19.0 Å². The van der Waals surface area contributed by atoms with Crippen molar-refractivity contribution >= 4 is 11.7 Å². The van der Waals surface area contributed by atoms with Crippen LogP contribution in [0.5, 0.6) is 0 Å². The second-order valence-corrected chi connectivity index (χ2v) is 3.89. The number of halogens is 1. The van der Waals surface area contributed by atoms with Gasteiger partial charge in [-0.1, -0.05) is 0 Å². The van der Waals surface area contributed by atoms with Crippen LogP contribution in [-0.4, -0.2) is 37.2 Å². The van der Waals surface area contributed by atoms with Crippen molar-refractivity contribution in [2.24, 2.45) is 5.92 Å². The number of ether oxygens (including phenoxy) is 1. The van der Waals surface area contributed by atoms with Crippen LogP contribution in [0.3, 0.4) is 0 Å². The molecular formula is C11H14FN3O2. The van der Waals surface area contributed by atoms with Crippen molar-refractivity contribution in [2.45, 2.75) is 6.04 Å². The fourth-order valence-electron chi connectivity index (χ4n) is 1.77. The zero-order valence-corrected chi connectivity index (χ0v) is 9.44. The summed E-state index contributed by atoms with van der Waals surface area (Å²) in [6.45, 7) is 0.907. The zero-order chi connectivity index (χ0) is 12.3. The number of anilines is 1. The highest BCUT2D eigenvalue weighted by molar-refractivity contribution is 5.92. The van der Waals surface area contributed by atoms with E-state index in [9.17, 15) is 9.18 Å². The monoisotopic (exact) mass is 239 g/mol. The Bertz CT molecular complexity index is 396. The van der Waals surface area contributed by atoms with Crippen molar-refractivity contribution in [2.75, 3.05) is 25.6 Å². The Hall–Kier alpha value is -1.53. The molecule has 5 nitrogen and oxygen atoms in total. The van der Waals surface area contributed by atoms with Crippen LogP contribution in [0.15, 0.2) is 18.3 Å². The lowest BCUT2D eigenvalue weighted by molar-refractivity contribution is -0.120. The van der Waals surface area contributed by atoms with Gasteiger partial charge in [0.2, 0.25) is 5.91 Å². The molecule has 0 bridgehead atoms. The van der Waals surface area contributed by atoms with Gasteiger partial charge >= 0.3 is 0 Å². The first-order valence-electron chi connectivity index (χ1n) is 5.38. The van der Waals surface area contributed by atoms with Gasteiger partial charge in [-0.25, -0.2) is 9.37 Å². The average molecular weight is 239 g/mol. The van der Waals surface area contributed by atoms with Crippen molar-refractivity contribution in [3.63, 3.8) is 0 Å². The van der Waals surface area contributed by atoms with Gasteiger partial charge in [-0.2, -0.15) is 0 Å². The number of hydrogen-bond donors (Lipinski definition) is 2. The van der Waals surface area contributed by atoms with Crippen LogP contribution in [0.1, 0.15) is 0 Å². The molecular weight excluding hydrogens is 225 g/mol. The van der Waals surface area contributed by atoms with Gasteiger partial charge in [0.25, 0.3) is 0 Å². The molecule has 2 N–H and O–H groups in total. The molecule has 0 saturated carbocycles. The average Bonchev–Trinajstić information content (AvgIpc) is 2.80. The number of hydrogen-bond acceptors (Lipinski definition) is 4. The molecule has 2 atom stereocenters. The number of likely N-dealkylation sites (N-methyl/N-ethyl adjacent to an activating group) is 1. The summed E-state index contributed by atoms with van der Waals surface area (Å²) in [4.78, 5) is 15.7. The molecule has 6 heteroatoms. The van der Waals surface area contributed by atoms with Crippen LogP contribution in [0.25, 0.3) is 0 Å². The first kappa shape index (κ1) is 11.9. The van der Waals surface area contributed by atoms with E-state index in [1.54, 1.807) is 7.05 Å². The van der Waals surface area contributed by atoms with Crippen molar-refractivity contribution in [3.8, 4) is 0 Å². The molecule has 92 valence electrons. The van der Waals surface area contributed by atoms with E-state index in [1.165, 1.54) is 12.1 Å². The highest BCUT2D eigenvalue weighted by Gasteiger charge is 2.33. The summed E-state index contributed by atoms with van der Waals surface area (Å²) in [6.07, 6.45) is 1.07. The Morgan fingerprint density at radius 2 is 2.35 bits per heavy atom. The minimum atomic E-state index is -0.430. The number of nitrogens with zero attached hydrogens (tertiary/aromatic N) is 1. The predicted molar refractivity (Wildman–Crippen MR) is 60.0 cm³/mol. The van der Waals surface area contributed by atoms with Gasteiger partial charge < -0.3 is 15.4 Å². The molecule has 1 amide bonds. The fourth-order valence-corrected chi connectivity index (χ4v) is 1.77. The quantitative estimate of drug-likeness (QED) is 0.801. The highest BCUT2D eigenvalue weighted by Crippen LogP contribution is 2.15. The van der Waals surface area contributed by atoms with Gasteiger partial charge in [0.15, 0.2) is 0 Å².